The van der Waals surface area contributed by atoms with E-state index in [1.807, 2.05) is 19.1 Å². The molecule has 0 aliphatic carbocycles. The molecule has 0 amide bonds. The topological polar surface area (TPSA) is 64.3 Å². The summed E-state index contributed by atoms with van der Waals surface area (Å²) in [5.74, 6) is 2.47. The fourth-order valence-corrected chi connectivity index (χ4v) is 2.85. The van der Waals surface area contributed by atoms with Crippen LogP contribution in [0.3, 0.4) is 0 Å². The van der Waals surface area contributed by atoms with Gasteiger partial charge in [0.1, 0.15) is 22.4 Å². The summed E-state index contributed by atoms with van der Waals surface area (Å²) in [6.07, 6.45) is 2.04. The van der Waals surface area contributed by atoms with Crippen molar-refractivity contribution in [3.8, 4) is 5.75 Å². The van der Waals surface area contributed by atoms with Crippen LogP contribution in [0.15, 0.2) is 18.2 Å². The van der Waals surface area contributed by atoms with E-state index in [9.17, 15) is 0 Å². The van der Waals surface area contributed by atoms with Crippen LogP contribution in [0.4, 0.5) is 17.3 Å². The van der Waals surface area contributed by atoms with Gasteiger partial charge in [0.15, 0.2) is 5.82 Å². The molecule has 0 saturated heterocycles. The number of hydrogen-bond acceptors (Lipinski definition) is 5. The van der Waals surface area contributed by atoms with Crippen molar-refractivity contribution >= 4 is 28.9 Å². The second-order valence-corrected chi connectivity index (χ2v) is 5.42. The van der Waals surface area contributed by atoms with E-state index in [0.29, 0.717) is 22.5 Å². The Hall–Kier alpha value is -2.01. The molecule has 1 aliphatic rings. The quantitative estimate of drug-likeness (QED) is 0.923. The van der Waals surface area contributed by atoms with Gasteiger partial charge in [-0.2, -0.15) is 0 Å². The zero-order chi connectivity index (χ0) is 15.0. The fraction of sp³-hybridized carbons (Fsp3) is 0.333. The van der Waals surface area contributed by atoms with E-state index in [0.717, 1.165) is 30.8 Å². The lowest BCUT2D eigenvalue weighted by atomic mass is 10.0. The van der Waals surface area contributed by atoms with Crippen LogP contribution in [0.5, 0.6) is 5.75 Å². The summed E-state index contributed by atoms with van der Waals surface area (Å²) in [7, 11) is 1.67. The zero-order valence-electron chi connectivity index (χ0n) is 12.1. The number of anilines is 3. The van der Waals surface area contributed by atoms with Crippen LogP contribution >= 0.6 is 11.6 Å². The minimum Gasteiger partial charge on any atom is -0.497 e. The maximum Gasteiger partial charge on any atom is 0.157 e. The average molecular weight is 305 g/mol. The van der Waals surface area contributed by atoms with Crippen LogP contribution in [0, 0.1) is 6.92 Å². The number of fused-ring (bicyclic) bond motifs is 1. The van der Waals surface area contributed by atoms with Crippen LogP contribution in [0.1, 0.15) is 17.8 Å². The Kier molecular flexibility index (Phi) is 3.59. The molecule has 2 heterocycles. The van der Waals surface area contributed by atoms with Crippen molar-refractivity contribution in [1.82, 2.24) is 9.97 Å². The number of nitrogens with zero attached hydrogens (tertiary/aromatic N) is 3. The first-order valence-corrected chi connectivity index (χ1v) is 7.22. The molecule has 2 aromatic rings. The number of rotatable bonds is 2. The molecule has 0 unspecified atom stereocenters. The second-order valence-electron chi connectivity index (χ2n) is 5.04. The number of benzene rings is 1. The van der Waals surface area contributed by atoms with E-state index in [1.54, 1.807) is 7.11 Å². The first-order valence-electron chi connectivity index (χ1n) is 6.84. The van der Waals surface area contributed by atoms with Crippen LogP contribution in [0.25, 0.3) is 0 Å². The van der Waals surface area contributed by atoms with Crippen molar-refractivity contribution in [2.75, 3.05) is 24.3 Å². The molecule has 0 bridgehead atoms. The molecule has 1 aromatic heterocycles. The Balaban J connectivity index is 2.10. The molecule has 2 N–H and O–H groups in total. The maximum atomic E-state index is 6.31. The molecule has 110 valence electrons. The van der Waals surface area contributed by atoms with Gasteiger partial charge >= 0.3 is 0 Å². The highest BCUT2D eigenvalue weighted by molar-refractivity contribution is 6.35. The van der Waals surface area contributed by atoms with Crippen LogP contribution in [-0.4, -0.2) is 23.6 Å². The van der Waals surface area contributed by atoms with Gasteiger partial charge in [-0.05, 0) is 43.5 Å². The Morgan fingerprint density at radius 3 is 2.90 bits per heavy atom. The fourth-order valence-electron chi connectivity index (χ4n) is 2.66. The number of methoxy groups -OCH3 is 1. The van der Waals surface area contributed by atoms with Crippen LogP contribution in [-0.2, 0) is 6.42 Å². The molecule has 1 aromatic carbocycles. The normalized spacial score (nSPS) is 14.0. The molecule has 0 fully saturated rings. The summed E-state index contributed by atoms with van der Waals surface area (Å²) in [5, 5.41) is 0.407. The molecule has 5 nitrogen and oxygen atoms in total. The van der Waals surface area contributed by atoms with Crippen LogP contribution in [0.2, 0.25) is 5.02 Å². The number of nitrogens with two attached hydrogens (primary N) is 1. The highest BCUT2D eigenvalue weighted by atomic mass is 35.5. The van der Waals surface area contributed by atoms with Gasteiger partial charge in [0.05, 0.1) is 7.11 Å². The van der Waals surface area contributed by atoms with Crippen LogP contribution < -0.4 is 15.4 Å². The Bertz CT molecular complexity index is 690. The number of nitrogen functional groups attached to an aromatic ring is 1. The summed E-state index contributed by atoms with van der Waals surface area (Å²) >= 11 is 6.31. The highest BCUT2D eigenvalue weighted by Crippen LogP contribution is 2.38. The van der Waals surface area contributed by atoms with Gasteiger partial charge in [-0.3, -0.25) is 0 Å². The van der Waals surface area contributed by atoms with E-state index < -0.39 is 0 Å². The monoisotopic (exact) mass is 304 g/mol. The number of halogens is 1. The van der Waals surface area contributed by atoms with Gasteiger partial charge in [0.25, 0.3) is 0 Å². The minimum atomic E-state index is 0.319. The largest absolute Gasteiger partial charge is 0.497 e. The highest BCUT2D eigenvalue weighted by Gasteiger charge is 2.23. The molecule has 0 saturated carbocycles. The molecular weight excluding hydrogens is 288 g/mol. The van der Waals surface area contributed by atoms with Gasteiger partial charge in [-0.15, -0.1) is 0 Å². The predicted molar refractivity (Wildman–Crippen MR) is 84.5 cm³/mol. The molecule has 0 spiro atoms. The summed E-state index contributed by atoms with van der Waals surface area (Å²) in [5.41, 5.74) is 8.19. The number of aryl methyl sites for hydroxylation is 2. The molecule has 3 rings (SSSR count). The first kappa shape index (κ1) is 13.9. The molecular formula is C15H17ClN4O. The van der Waals surface area contributed by atoms with Gasteiger partial charge in [-0.1, -0.05) is 11.6 Å². The van der Waals surface area contributed by atoms with Crippen molar-refractivity contribution in [3.63, 3.8) is 0 Å². The summed E-state index contributed by atoms with van der Waals surface area (Å²) in [6.45, 7) is 2.67. The van der Waals surface area contributed by atoms with E-state index in [4.69, 9.17) is 22.1 Å². The van der Waals surface area contributed by atoms with E-state index in [2.05, 4.69) is 20.9 Å². The lowest BCUT2D eigenvalue weighted by Crippen LogP contribution is -2.26. The molecule has 0 radical (unpaired) electrons. The third-order valence-corrected chi connectivity index (χ3v) is 3.99. The van der Waals surface area contributed by atoms with Crippen molar-refractivity contribution < 1.29 is 4.74 Å². The molecule has 0 atom stereocenters. The predicted octanol–water partition coefficient (Wildman–Crippen LogP) is 3.11. The van der Waals surface area contributed by atoms with E-state index in [-0.39, 0.29) is 0 Å². The molecule has 21 heavy (non-hydrogen) atoms. The first-order chi connectivity index (χ1) is 10.1. The number of aromatic nitrogens is 2. The Morgan fingerprint density at radius 2 is 2.14 bits per heavy atom. The standard InChI is InChI=1S/C15H17ClN4O/c1-9-18-14(17)13(16)15(19-9)20-7-3-4-10-8-11(21-2)5-6-12(10)20/h5-6,8H,3-4,7H2,1-2H3,(H2,17,18,19). The van der Waals surface area contributed by atoms with Gasteiger partial charge in [-0.25, -0.2) is 9.97 Å². The van der Waals surface area contributed by atoms with Gasteiger partial charge in [0.2, 0.25) is 0 Å². The van der Waals surface area contributed by atoms with Gasteiger partial charge in [0, 0.05) is 12.2 Å². The van der Waals surface area contributed by atoms with E-state index >= 15 is 0 Å². The lowest BCUT2D eigenvalue weighted by molar-refractivity contribution is 0.414. The summed E-state index contributed by atoms with van der Waals surface area (Å²) < 4.78 is 5.29. The Morgan fingerprint density at radius 1 is 1.33 bits per heavy atom. The smallest absolute Gasteiger partial charge is 0.157 e. The SMILES string of the molecule is COc1ccc2c(c1)CCCN2c1nc(C)nc(N)c1Cl. The molecule has 6 heteroatoms. The lowest BCUT2D eigenvalue weighted by Gasteiger charge is -2.31. The molecule has 1 aliphatic heterocycles. The number of ether oxygens (including phenoxy) is 1. The van der Waals surface area contributed by atoms with Crippen molar-refractivity contribution in [3.05, 3.63) is 34.6 Å². The van der Waals surface area contributed by atoms with Gasteiger partial charge < -0.3 is 15.4 Å². The third kappa shape index (κ3) is 2.49. The average Bonchev–Trinajstić information content (AvgIpc) is 2.49. The van der Waals surface area contributed by atoms with Crippen molar-refractivity contribution in [2.45, 2.75) is 19.8 Å². The summed E-state index contributed by atoms with van der Waals surface area (Å²) in [6, 6.07) is 6.05. The van der Waals surface area contributed by atoms with Crippen molar-refractivity contribution in [1.29, 1.82) is 0 Å². The second kappa shape index (κ2) is 5.41. The number of hydrogen-bond donors (Lipinski definition) is 1. The third-order valence-electron chi connectivity index (χ3n) is 3.63. The van der Waals surface area contributed by atoms with E-state index in [1.165, 1.54) is 5.56 Å². The minimum absolute atomic E-state index is 0.319. The Labute approximate surface area is 128 Å². The zero-order valence-corrected chi connectivity index (χ0v) is 12.8. The van der Waals surface area contributed by atoms with Crippen molar-refractivity contribution in [2.24, 2.45) is 0 Å². The summed E-state index contributed by atoms with van der Waals surface area (Å²) in [4.78, 5) is 10.7. The maximum absolute atomic E-state index is 6.31.